The highest BCUT2D eigenvalue weighted by Gasteiger charge is 2.40. The van der Waals surface area contributed by atoms with Crippen LogP contribution in [0, 0.1) is 6.92 Å². The van der Waals surface area contributed by atoms with Gasteiger partial charge < -0.3 is 24.3 Å². The smallest absolute Gasteiger partial charge is 0.358 e. The number of nitrogens with one attached hydrogen (secondary N) is 1. The number of phosphoric ester groups is 1. The first-order chi connectivity index (χ1) is 11.7. The highest BCUT2D eigenvalue weighted by atomic mass is 31.3. The average Bonchev–Trinajstić information content (AvgIpc) is 2.39. The lowest BCUT2D eigenvalue weighted by Gasteiger charge is -2.16. The maximum atomic E-state index is 11.4. The number of nitrogens with zero attached hydrogens (tertiary/aromatic N) is 1. The van der Waals surface area contributed by atoms with Crippen molar-refractivity contribution < 1.29 is 51.2 Å². The summed E-state index contributed by atoms with van der Waals surface area (Å²) in [6.45, 7) is 0.0364. The van der Waals surface area contributed by atoms with Gasteiger partial charge in [0.05, 0.1) is 13.2 Å². The van der Waals surface area contributed by atoms with Gasteiger partial charge in [-0.2, -0.15) is 8.62 Å². The number of rotatable bonds is 10. The number of aryl methyl sites for hydroxylation is 1. The van der Waals surface area contributed by atoms with Crippen LogP contribution in [-0.4, -0.2) is 42.3 Å². The van der Waals surface area contributed by atoms with Gasteiger partial charge in [0.2, 0.25) is 0 Å². The van der Waals surface area contributed by atoms with Gasteiger partial charge in [-0.15, -0.1) is 0 Å². The predicted molar refractivity (Wildman–Crippen MR) is 81.8 cm³/mol. The largest absolute Gasteiger partial charge is 0.490 e. The first kappa shape index (κ1) is 23.1. The summed E-state index contributed by atoms with van der Waals surface area (Å²) in [5.41, 5.74) is -1.09. The summed E-state index contributed by atoms with van der Waals surface area (Å²) in [6, 6.07) is 0. The molecule has 1 aromatic rings. The molecule has 1 aromatic heterocycles. The monoisotopic (exact) mass is 440 g/mol. The third-order valence-electron chi connectivity index (χ3n) is 2.32. The Morgan fingerprint density at radius 3 is 2.23 bits per heavy atom. The summed E-state index contributed by atoms with van der Waals surface area (Å²) in [7, 11) is -16.3. The fraction of sp³-hybridized carbons (Fsp3) is 0.500. The van der Waals surface area contributed by atoms with Gasteiger partial charge in [-0.3, -0.25) is 18.9 Å². The molecule has 0 aromatic carbocycles. The molecule has 0 spiro atoms. The third-order valence-corrected chi connectivity index (χ3v) is 6.15. The van der Waals surface area contributed by atoms with Gasteiger partial charge in [-0.1, -0.05) is 0 Å². The maximum absolute atomic E-state index is 11.4. The molecule has 2 atom stereocenters. The van der Waals surface area contributed by atoms with E-state index in [2.05, 4.69) is 13.1 Å². The fourth-order valence-corrected chi connectivity index (χ4v) is 4.39. The van der Waals surface area contributed by atoms with Crippen LogP contribution >= 0.6 is 23.5 Å². The Hall–Kier alpha value is -0.950. The second kappa shape index (κ2) is 8.83. The number of H-pyrrole nitrogens is 1. The zero-order valence-corrected chi connectivity index (χ0v) is 15.6. The van der Waals surface area contributed by atoms with E-state index in [-0.39, 0.29) is 12.3 Å². The van der Waals surface area contributed by atoms with E-state index in [1.807, 2.05) is 4.98 Å². The molecule has 26 heavy (non-hydrogen) atoms. The molecule has 0 bridgehead atoms. The zero-order chi connectivity index (χ0) is 20.2. The normalized spacial score (nSPS) is 16.8. The van der Waals surface area contributed by atoms with E-state index in [9.17, 15) is 23.3 Å². The van der Waals surface area contributed by atoms with Crippen molar-refractivity contribution in [2.24, 2.45) is 0 Å². The molecule has 1 rings (SSSR count). The molecule has 1 heterocycles. The lowest BCUT2D eigenvalue weighted by Crippen LogP contribution is -2.31. The lowest BCUT2D eigenvalue weighted by molar-refractivity contribution is 0.0431. The molecule has 0 amide bonds. The summed E-state index contributed by atoms with van der Waals surface area (Å²) in [5, 5.41) is 0. The summed E-state index contributed by atoms with van der Waals surface area (Å²) in [4.78, 5) is 59.4. The van der Waals surface area contributed by atoms with Crippen LogP contribution in [0.1, 0.15) is 5.56 Å². The van der Waals surface area contributed by atoms with Gasteiger partial charge in [0.1, 0.15) is 6.73 Å². The Labute approximate surface area is 144 Å². The van der Waals surface area contributed by atoms with E-state index in [1.54, 1.807) is 0 Å². The van der Waals surface area contributed by atoms with Gasteiger partial charge in [0.15, 0.2) is 0 Å². The second-order valence-electron chi connectivity index (χ2n) is 4.50. The van der Waals surface area contributed by atoms with Gasteiger partial charge >= 0.3 is 29.2 Å². The Morgan fingerprint density at radius 1 is 1.04 bits per heavy atom. The Morgan fingerprint density at radius 2 is 1.65 bits per heavy atom. The zero-order valence-electron chi connectivity index (χ0n) is 13.0. The maximum Gasteiger partial charge on any atom is 0.490 e. The molecule has 0 fully saturated rings. The average molecular weight is 440 g/mol. The van der Waals surface area contributed by atoms with Gasteiger partial charge in [0.25, 0.3) is 5.56 Å². The third kappa shape index (κ3) is 8.62. The van der Waals surface area contributed by atoms with Crippen molar-refractivity contribution in [2.75, 3.05) is 13.2 Å². The van der Waals surface area contributed by atoms with Crippen LogP contribution in [-0.2, 0) is 38.3 Å². The van der Waals surface area contributed by atoms with Crippen LogP contribution in [0.15, 0.2) is 15.8 Å². The minimum absolute atomic E-state index is 0.237. The molecule has 15 nitrogen and oxygen atoms in total. The van der Waals surface area contributed by atoms with Crippen LogP contribution in [0.3, 0.4) is 0 Å². The van der Waals surface area contributed by atoms with Crippen LogP contribution in [0.5, 0.6) is 0 Å². The first-order valence-electron chi connectivity index (χ1n) is 6.37. The predicted octanol–water partition coefficient (Wildman–Crippen LogP) is -0.838. The van der Waals surface area contributed by atoms with E-state index >= 15 is 0 Å². The highest BCUT2D eigenvalue weighted by Crippen LogP contribution is 2.66. The quantitative estimate of drug-likeness (QED) is 0.221. The molecule has 2 unspecified atom stereocenters. The molecule has 5 N–H and O–H groups in total. The van der Waals surface area contributed by atoms with Gasteiger partial charge in [-0.25, -0.2) is 18.5 Å². The van der Waals surface area contributed by atoms with Crippen molar-refractivity contribution in [3.8, 4) is 0 Å². The first-order valence-corrected chi connectivity index (χ1v) is 10.9. The topological polar surface area (TPSA) is 224 Å². The Bertz CT molecular complexity index is 884. The van der Waals surface area contributed by atoms with E-state index in [0.717, 1.165) is 4.57 Å². The van der Waals surface area contributed by atoms with E-state index < -0.39 is 47.9 Å². The number of aromatic nitrogens is 2. The van der Waals surface area contributed by atoms with Gasteiger partial charge in [0, 0.05) is 11.8 Å². The van der Waals surface area contributed by atoms with Crippen molar-refractivity contribution in [1.82, 2.24) is 9.55 Å². The molecule has 0 aliphatic rings. The standard InChI is InChI=1S/C8H15N2O13P3/c1-6-4-10(8(12)9-7(6)11)5-20-2-3-21-25(16,17)23-26(18,19)22-24(13,14)15/h4H,2-3,5H2,1H3,(H,16,17)(H,18,19)(H,9,11,12)(H2,13,14,15). The van der Waals surface area contributed by atoms with E-state index in [1.165, 1.54) is 13.1 Å². The van der Waals surface area contributed by atoms with Crippen molar-refractivity contribution >= 4 is 23.5 Å². The number of aromatic amines is 1. The van der Waals surface area contributed by atoms with Crippen LogP contribution < -0.4 is 11.2 Å². The molecule has 0 aliphatic heterocycles. The van der Waals surface area contributed by atoms with Crippen molar-refractivity contribution in [3.63, 3.8) is 0 Å². The number of hydrogen-bond acceptors (Lipinski definition) is 9. The molecular weight excluding hydrogens is 425 g/mol. The van der Waals surface area contributed by atoms with E-state index in [0.29, 0.717) is 0 Å². The summed E-state index contributed by atoms with van der Waals surface area (Å²) >= 11 is 0. The molecule has 0 saturated carbocycles. The molecule has 0 saturated heterocycles. The minimum atomic E-state index is -5.58. The summed E-state index contributed by atoms with van der Waals surface area (Å²) < 4.78 is 50.1. The summed E-state index contributed by atoms with van der Waals surface area (Å²) in [5.74, 6) is 0. The van der Waals surface area contributed by atoms with Crippen LogP contribution in [0.2, 0.25) is 0 Å². The number of hydrogen-bond donors (Lipinski definition) is 5. The van der Waals surface area contributed by atoms with Crippen LogP contribution in [0.4, 0.5) is 0 Å². The Kier molecular flexibility index (Phi) is 7.84. The number of phosphoric acid groups is 3. The summed E-state index contributed by atoms with van der Waals surface area (Å²) in [6.07, 6.45) is 1.21. The Balaban J connectivity index is 2.47. The van der Waals surface area contributed by atoms with Gasteiger partial charge in [-0.05, 0) is 6.92 Å². The SMILES string of the molecule is Cc1cn(COCCOP(=O)(O)OP(=O)(O)OP(=O)(O)O)c(=O)[nH]c1=O. The minimum Gasteiger partial charge on any atom is -0.358 e. The van der Waals surface area contributed by atoms with Crippen molar-refractivity contribution in [2.45, 2.75) is 13.7 Å². The van der Waals surface area contributed by atoms with Crippen LogP contribution in [0.25, 0.3) is 0 Å². The second-order valence-corrected chi connectivity index (χ2v) is 8.92. The molecular formula is C8H15N2O13P3. The number of ether oxygens (including phenoxy) is 1. The fourth-order valence-electron chi connectivity index (χ4n) is 1.39. The lowest BCUT2D eigenvalue weighted by atomic mass is 10.4. The van der Waals surface area contributed by atoms with E-state index in [4.69, 9.17) is 24.3 Å². The van der Waals surface area contributed by atoms with Crippen molar-refractivity contribution in [1.29, 1.82) is 0 Å². The molecule has 0 aliphatic carbocycles. The molecule has 150 valence electrons. The molecule has 0 radical (unpaired) electrons. The highest BCUT2D eigenvalue weighted by molar-refractivity contribution is 7.66. The van der Waals surface area contributed by atoms with Crippen molar-refractivity contribution in [3.05, 3.63) is 32.6 Å². The molecule has 18 heteroatoms.